The molecule has 2 nitrogen and oxygen atoms in total. The third-order valence-corrected chi connectivity index (χ3v) is 5.98. The Balaban J connectivity index is 1.51. The molecular weight excluding hydrogens is 280 g/mol. The monoisotopic (exact) mass is 304 g/mol. The predicted octanol–water partition coefficient (Wildman–Crippen LogP) is 4.34. The summed E-state index contributed by atoms with van der Waals surface area (Å²) in [6, 6.07) is 10.9. The van der Waals surface area contributed by atoms with E-state index in [1.165, 1.54) is 47.1 Å². The highest BCUT2D eigenvalue weighted by Crippen LogP contribution is 2.38. The van der Waals surface area contributed by atoms with E-state index in [1.54, 1.807) is 0 Å². The molecule has 2 atom stereocenters. The van der Waals surface area contributed by atoms with Crippen molar-refractivity contribution >= 4 is 21.4 Å². The first-order valence-electron chi connectivity index (χ1n) is 8.06. The van der Waals surface area contributed by atoms with Crippen LogP contribution in [-0.4, -0.2) is 16.5 Å². The fraction of sp³-hybridized carbons (Fsp3) is 0.556. The number of thiophene rings is 1. The largest absolute Gasteiger partial charge is 0.368 e. The summed E-state index contributed by atoms with van der Waals surface area (Å²) in [6.45, 7) is 0. The number of aryl methyl sites for hydroxylation is 1. The van der Waals surface area contributed by atoms with Gasteiger partial charge in [0.2, 0.25) is 0 Å². The molecule has 0 aliphatic heterocycles. The van der Waals surface area contributed by atoms with Crippen LogP contribution in [0.2, 0.25) is 0 Å². The maximum atomic E-state index is 9.17. The van der Waals surface area contributed by atoms with Crippen LogP contribution in [-0.2, 0) is 6.42 Å². The summed E-state index contributed by atoms with van der Waals surface area (Å²) < 4.78 is 1.38. The zero-order valence-electron chi connectivity index (χ0n) is 12.4. The van der Waals surface area contributed by atoms with Crippen molar-refractivity contribution in [1.29, 1.82) is 0 Å². The third-order valence-electron chi connectivity index (χ3n) is 4.80. The topological polar surface area (TPSA) is 40.5 Å². The Kier molecular flexibility index (Phi) is 4.94. The van der Waals surface area contributed by atoms with Gasteiger partial charge in [-0.2, -0.15) is 0 Å². The molecule has 0 spiro atoms. The highest BCUT2D eigenvalue weighted by atomic mass is 32.1. The molecule has 1 aliphatic carbocycles. The number of fused-ring (bicyclic) bond motifs is 1. The van der Waals surface area contributed by atoms with Crippen LogP contribution in [0, 0.1) is 11.8 Å². The maximum Gasteiger partial charge on any atom is 0.151 e. The van der Waals surface area contributed by atoms with E-state index < -0.39 is 6.29 Å². The van der Waals surface area contributed by atoms with Gasteiger partial charge in [-0.1, -0.05) is 31.0 Å². The van der Waals surface area contributed by atoms with E-state index in [1.807, 2.05) is 11.3 Å². The number of aliphatic hydroxyl groups excluding tert-OH is 1. The Morgan fingerprint density at radius 3 is 2.76 bits per heavy atom. The maximum absolute atomic E-state index is 9.17. The number of hydrogen-bond acceptors (Lipinski definition) is 3. The minimum absolute atomic E-state index is 0.521. The minimum atomic E-state index is -1.13. The summed E-state index contributed by atoms with van der Waals surface area (Å²) in [6.07, 6.45) is 6.73. The molecule has 0 bridgehead atoms. The first-order chi connectivity index (χ1) is 10.2. The number of rotatable bonds is 6. The fourth-order valence-electron chi connectivity index (χ4n) is 3.77. The number of aliphatic hydroxyl groups is 2. The Bertz CT molecular complexity index is 542. The second-order valence-corrected chi connectivity index (χ2v) is 7.48. The summed E-state index contributed by atoms with van der Waals surface area (Å²) in [7, 11) is 0. The van der Waals surface area contributed by atoms with Crippen molar-refractivity contribution in [1.82, 2.24) is 0 Å². The standard InChI is InChI=1S/C18H24O2S/c19-18(20)12-14-8-3-6-13(14)7-4-9-16-11-15-5-1-2-10-17(15)21-16/h1-2,5,10-11,13-14,18-20H,3-4,6-9,12H2/t13?,14-/m1/s1. The molecule has 0 saturated heterocycles. The van der Waals surface area contributed by atoms with Crippen molar-refractivity contribution in [3.8, 4) is 0 Å². The molecule has 1 aromatic carbocycles. The normalized spacial score (nSPS) is 22.4. The van der Waals surface area contributed by atoms with Crippen LogP contribution in [0.3, 0.4) is 0 Å². The van der Waals surface area contributed by atoms with Gasteiger partial charge in [0, 0.05) is 16.0 Å². The van der Waals surface area contributed by atoms with E-state index in [9.17, 15) is 10.2 Å². The highest BCUT2D eigenvalue weighted by molar-refractivity contribution is 7.19. The second-order valence-electron chi connectivity index (χ2n) is 6.31. The van der Waals surface area contributed by atoms with E-state index in [2.05, 4.69) is 30.3 Å². The van der Waals surface area contributed by atoms with Crippen molar-refractivity contribution in [2.24, 2.45) is 11.8 Å². The van der Waals surface area contributed by atoms with Gasteiger partial charge in [-0.05, 0) is 55.0 Å². The van der Waals surface area contributed by atoms with Gasteiger partial charge in [-0.15, -0.1) is 11.3 Å². The van der Waals surface area contributed by atoms with Gasteiger partial charge in [0.15, 0.2) is 6.29 Å². The van der Waals surface area contributed by atoms with E-state index in [0.717, 1.165) is 6.42 Å². The summed E-state index contributed by atoms with van der Waals surface area (Å²) in [4.78, 5) is 1.48. The van der Waals surface area contributed by atoms with Crippen LogP contribution in [0.15, 0.2) is 30.3 Å². The molecule has 1 saturated carbocycles. The molecule has 0 amide bonds. The van der Waals surface area contributed by atoms with Crippen LogP contribution < -0.4 is 0 Å². The van der Waals surface area contributed by atoms with E-state index in [-0.39, 0.29) is 0 Å². The third kappa shape index (κ3) is 3.85. The minimum Gasteiger partial charge on any atom is -0.368 e. The van der Waals surface area contributed by atoms with Gasteiger partial charge in [0.1, 0.15) is 0 Å². The van der Waals surface area contributed by atoms with Crippen molar-refractivity contribution in [3.63, 3.8) is 0 Å². The lowest BCUT2D eigenvalue weighted by Gasteiger charge is -2.20. The Morgan fingerprint density at radius 1 is 1.14 bits per heavy atom. The van der Waals surface area contributed by atoms with Gasteiger partial charge < -0.3 is 10.2 Å². The molecule has 0 radical (unpaired) electrons. The molecule has 1 fully saturated rings. The van der Waals surface area contributed by atoms with Crippen LogP contribution in [0.25, 0.3) is 10.1 Å². The molecule has 114 valence electrons. The van der Waals surface area contributed by atoms with Gasteiger partial charge in [-0.25, -0.2) is 0 Å². The summed E-state index contributed by atoms with van der Waals surface area (Å²) in [5.74, 6) is 1.22. The van der Waals surface area contributed by atoms with Gasteiger partial charge in [0.25, 0.3) is 0 Å². The summed E-state index contributed by atoms with van der Waals surface area (Å²) >= 11 is 1.91. The number of hydrogen-bond donors (Lipinski definition) is 2. The van der Waals surface area contributed by atoms with Gasteiger partial charge in [-0.3, -0.25) is 0 Å². The van der Waals surface area contributed by atoms with Gasteiger partial charge >= 0.3 is 0 Å². The quantitative estimate of drug-likeness (QED) is 0.779. The van der Waals surface area contributed by atoms with Crippen molar-refractivity contribution in [2.45, 2.75) is 51.2 Å². The lowest BCUT2D eigenvalue weighted by Crippen LogP contribution is -2.16. The smallest absolute Gasteiger partial charge is 0.151 e. The second kappa shape index (κ2) is 6.91. The molecule has 3 heteroatoms. The Hall–Kier alpha value is -0.900. The molecule has 1 heterocycles. The number of benzene rings is 1. The molecule has 21 heavy (non-hydrogen) atoms. The van der Waals surface area contributed by atoms with Crippen molar-refractivity contribution < 1.29 is 10.2 Å². The lowest BCUT2D eigenvalue weighted by molar-refractivity contribution is -0.0594. The first kappa shape index (κ1) is 15.0. The highest BCUT2D eigenvalue weighted by Gasteiger charge is 2.28. The SMILES string of the molecule is OC(O)C[C@H]1CCCC1CCCc1cc2ccccc2s1. The molecule has 1 aliphatic rings. The zero-order chi connectivity index (χ0) is 14.7. The molecule has 2 aromatic rings. The van der Waals surface area contributed by atoms with Crippen molar-refractivity contribution in [3.05, 3.63) is 35.2 Å². The molecule has 1 aromatic heterocycles. The molecule has 2 N–H and O–H groups in total. The summed E-state index contributed by atoms with van der Waals surface area (Å²) in [5.41, 5.74) is 0. The van der Waals surface area contributed by atoms with Crippen LogP contribution in [0.1, 0.15) is 43.4 Å². The van der Waals surface area contributed by atoms with E-state index in [4.69, 9.17) is 0 Å². The first-order valence-corrected chi connectivity index (χ1v) is 8.87. The average molecular weight is 304 g/mol. The molecule has 3 rings (SSSR count). The fourth-order valence-corrected chi connectivity index (χ4v) is 4.88. The van der Waals surface area contributed by atoms with Crippen molar-refractivity contribution in [2.75, 3.05) is 0 Å². The summed E-state index contributed by atoms with van der Waals surface area (Å²) in [5, 5.41) is 19.7. The predicted molar refractivity (Wildman–Crippen MR) is 88.4 cm³/mol. The molecular formula is C18H24O2S. The van der Waals surface area contributed by atoms with E-state index >= 15 is 0 Å². The molecule has 1 unspecified atom stereocenters. The van der Waals surface area contributed by atoms with E-state index in [0.29, 0.717) is 18.3 Å². The van der Waals surface area contributed by atoms with Gasteiger partial charge in [0.05, 0.1) is 0 Å². The van der Waals surface area contributed by atoms with Crippen LogP contribution in [0.4, 0.5) is 0 Å². The zero-order valence-corrected chi connectivity index (χ0v) is 13.2. The Labute approximate surface area is 130 Å². The lowest BCUT2D eigenvalue weighted by atomic mass is 9.88. The van der Waals surface area contributed by atoms with Crippen LogP contribution >= 0.6 is 11.3 Å². The average Bonchev–Trinajstić information content (AvgIpc) is 3.05. The van der Waals surface area contributed by atoms with Crippen LogP contribution in [0.5, 0.6) is 0 Å². The Morgan fingerprint density at radius 2 is 1.95 bits per heavy atom.